The van der Waals surface area contributed by atoms with E-state index in [-0.39, 0.29) is 10.7 Å². The fraction of sp³-hybridized carbons (Fsp3) is 0.273. The number of aromatic carboxylic acids is 1. The van der Waals surface area contributed by atoms with E-state index in [1.165, 1.54) is 4.68 Å². The molecule has 0 aliphatic heterocycles. The maximum Gasteiger partial charge on any atom is 0.340 e. The zero-order valence-corrected chi connectivity index (χ0v) is 10.6. The summed E-state index contributed by atoms with van der Waals surface area (Å²) in [6.07, 6.45) is 0.480. The third kappa shape index (κ3) is 2.06. The molecule has 0 amide bonds. The van der Waals surface area contributed by atoms with Crippen LogP contribution in [-0.2, 0) is 6.42 Å². The number of carboxylic acids is 1. The van der Waals surface area contributed by atoms with Crippen molar-refractivity contribution in [1.29, 1.82) is 0 Å². The van der Waals surface area contributed by atoms with Crippen molar-refractivity contribution in [2.45, 2.75) is 20.3 Å². The lowest BCUT2D eigenvalue weighted by molar-refractivity contribution is 0.0696. The van der Waals surface area contributed by atoms with Crippen LogP contribution in [0.2, 0.25) is 5.15 Å². The molecule has 2 heterocycles. The normalized spacial score (nSPS) is 10.6. The van der Waals surface area contributed by atoms with E-state index in [0.717, 1.165) is 5.69 Å². The highest BCUT2D eigenvalue weighted by molar-refractivity contribution is 6.32. The third-order valence-electron chi connectivity index (χ3n) is 2.45. The second-order valence-electron chi connectivity index (χ2n) is 3.72. The molecule has 0 fully saturated rings. The molecule has 1 N–H and O–H groups in total. The van der Waals surface area contributed by atoms with Crippen LogP contribution < -0.4 is 0 Å². The van der Waals surface area contributed by atoms with Gasteiger partial charge < -0.3 is 5.11 Å². The minimum Gasteiger partial charge on any atom is -0.478 e. The number of carboxylic acid groups (broad SMARTS) is 1. The van der Waals surface area contributed by atoms with Gasteiger partial charge in [0.25, 0.3) is 0 Å². The van der Waals surface area contributed by atoms with Crippen LogP contribution in [0, 0.1) is 6.92 Å². The second kappa shape index (κ2) is 4.73. The van der Waals surface area contributed by atoms with E-state index in [1.807, 2.05) is 13.8 Å². The number of aromatic nitrogens is 4. The van der Waals surface area contributed by atoms with Gasteiger partial charge in [0.15, 0.2) is 5.82 Å². The predicted octanol–water partition coefficient (Wildman–Crippen LogP) is 1.88. The van der Waals surface area contributed by atoms with Crippen LogP contribution in [0.4, 0.5) is 0 Å². The number of hydrogen-bond donors (Lipinski definition) is 1. The van der Waals surface area contributed by atoms with Crippen molar-refractivity contribution in [3.63, 3.8) is 0 Å². The Labute approximate surface area is 108 Å². The van der Waals surface area contributed by atoms with Crippen LogP contribution in [0.3, 0.4) is 0 Å². The average molecular weight is 267 g/mol. The molecule has 0 aromatic carbocycles. The van der Waals surface area contributed by atoms with Gasteiger partial charge in [-0.05, 0) is 25.5 Å². The Morgan fingerprint density at radius 2 is 2.17 bits per heavy atom. The van der Waals surface area contributed by atoms with Gasteiger partial charge >= 0.3 is 5.97 Å². The van der Waals surface area contributed by atoms with Gasteiger partial charge in [-0.2, -0.15) is 10.2 Å². The molecule has 2 aromatic heterocycles. The summed E-state index contributed by atoms with van der Waals surface area (Å²) in [5.74, 6) is -0.698. The summed E-state index contributed by atoms with van der Waals surface area (Å²) in [4.78, 5) is 11.1. The van der Waals surface area contributed by atoms with Crippen molar-refractivity contribution < 1.29 is 9.90 Å². The van der Waals surface area contributed by atoms with Crippen LogP contribution in [0.15, 0.2) is 12.1 Å². The lowest BCUT2D eigenvalue weighted by atomic mass is 10.2. The van der Waals surface area contributed by atoms with Crippen molar-refractivity contribution in [3.05, 3.63) is 34.2 Å². The molecule has 6 nitrogen and oxygen atoms in total. The lowest BCUT2D eigenvalue weighted by Gasteiger charge is -2.00. The van der Waals surface area contributed by atoms with E-state index in [2.05, 4.69) is 15.3 Å². The molecule has 0 bridgehead atoms. The Kier molecular flexibility index (Phi) is 3.29. The lowest BCUT2D eigenvalue weighted by Crippen LogP contribution is -2.02. The Morgan fingerprint density at radius 1 is 1.44 bits per heavy atom. The van der Waals surface area contributed by atoms with E-state index in [9.17, 15) is 4.79 Å². The molecule has 18 heavy (non-hydrogen) atoms. The number of carbonyl (C=O) groups is 1. The van der Waals surface area contributed by atoms with E-state index in [4.69, 9.17) is 16.7 Å². The Morgan fingerprint density at radius 3 is 2.61 bits per heavy atom. The first-order chi connectivity index (χ1) is 8.54. The van der Waals surface area contributed by atoms with Gasteiger partial charge in [0.1, 0.15) is 10.7 Å². The molecule has 2 rings (SSSR count). The molecular formula is C11H11ClN4O2. The van der Waals surface area contributed by atoms with Crippen molar-refractivity contribution in [3.8, 4) is 5.82 Å². The average Bonchev–Trinajstić information content (AvgIpc) is 2.67. The van der Waals surface area contributed by atoms with Crippen LogP contribution in [0.5, 0.6) is 0 Å². The van der Waals surface area contributed by atoms with E-state index < -0.39 is 5.97 Å². The first-order valence-electron chi connectivity index (χ1n) is 5.36. The SMILES string of the molecule is CCc1nn(-c2ccc(C)nn2)c(Cl)c1C(=O)O. The largest absolute Gasteiger partial charge is 0.478 e. The molecule has 0 spiro atoms. The van der Waals surface area contributed by atoms with Gasteiger partial charge in [-0.25, -0.2) is 9.48 Å². The molecule has 7 heteroatoms. The molecule has 0 saturated carbocycles. The molecule has 0 aliphatic rings. The van der Waals surface area contributed by atoms with Gasteiger partial charge in [0, 0.05) is 0 Å². The van der Waals surface area contributed by atoms with Gasteiger partial charge in [-0.3, -0.25) is 0 Å². The maximum absolute atomic E-state index is 11.1. The Hall–Kier alpha value is -1.95. The minimum absolute atomic E-state index is 0.0153. The number of aryl methyl sites for hydroxylation is 2. The Bertz CT molecular complexity index is 592. The van der Waals surface area contributed by atoms with Crippen LogP contribution in [0.1, 0.15) is 28.7 Å². The molecule has 0 aliphatic carbocycles. The Balaban J connectivity index is 2.59. The van der Waals surface area contributed by atoms with Crippen molar-refractivity contribution >= 4 is 17.6 Å². The van der Waals surface area contributed by atoms with E-state index >= 15 is 0 Å². The number of nitrogens with zero attached hydrogens (tertiary/aromatic N) is 4. The van der Waals surface area contributed by atoms with Gasteiger partial charge in [0.05, 0.1) is 11.4 Å². The third-order valence-corrected chi connectivity index (χ3v) is 2.80. The molecule has 0 unspecified atom stereocenters. The summed E-state index contributed by atoms with van der Waals surface area (Å²) < 4.78 is 1.29. The summed E-state index contributed by atoms with van der Waals surface area (Å²) in [5.41, 5.74) is 1.20. The summed E-state index contributed by atoms with van der Waals surface area (Å²) in [6, 6.07) is 3.44. The maximum atomic E-state index is 11.1. The summed E-state index contributed by atoms with van der Waals surface area (Å²) in [5, 5.41) is 21.1. The summed E-state index contributed by atoms with van der Waals surface area (Å²) in [6.45, 7) is 3.62. The smallest absolute Gasteiger partial charge is 0.340 e. The number of halogens is 1. The summed E-state index contributed by atoms with van der Waals surface area (Å²) >= 11 is 6.03. The van der Waals surface area contributed by atoms with Crippen LogP contribution in [0.25, 0.3) is 5.82 Å². The highest BCUT2D eigenvalue weighted by Gasteiger charge is 2.22. The van der Waals surface area contributed by atoms with Gasteiger partial charge in [-0.15, -0.1) is 5.10 Å². The van der Waals surface area contributed by atoms with Crippen molar-refractivity contribution in [1.82, 2.24) is 20.0 Å². The van der Waals surface area contributed by atoms with Crippen molar-refractivity contribution in [2.24, 2.45) is 0 Å². The first-order valence-corrected chi connectivity index (χ1v) is 5.73. The number of rotatable bonds is 3. The molecule has 2 aromatic rings. The van der Waals surface area contributed by atoms with Crippen LogP contribution in [-0.4, -0.2) is 31.1 Å². The van der Waals surface area contributed by atoms with Crippen LogP contribution >= 0.6 is 11.6 Å². The zero-order chi connectivity index (χ0) is 13.3. The number of hydrogen-bond acceptors (Lipinski definition) is 4. The topological polar surface area (TPSA) is 80.9 Å². The monoisotopic (exact) mass is 266 g/mol. The first kappa shape index (κ1) is 12.5. The fourth-order valence-corrected chi connectivity index (χ4v) is 1.87. The molecule has 0 atom stereocenters. The van der Waals surface area contributed by atoms with E-state index in [0.29, 0.717) is 17.9 Å². The molecule has 0 saturated heterocycles. The predicted molar refractivity (Wildman–Crippen MR) is 65.2 cm³/mol. The van der Waals surface area contributed by atoms with E-state index in [1.54, 1.807) is 12.1 Å². The minimum atomic E-state index is -1.09. The summed E-state index contributed by atoms with van der Waals surface area (Å²) in [7, 11) is 0. The standard InChI is InChI=1S/C11H11ClN4O2/c1-3-7-9(11(17)18)10(12)16(15-7)8-5-4-6(2)13-14-8/h4-5H,3H2,1-2H3,(H,17,18). The molecule has 0 radical (unpaired) electrons. The highest BCUT2D eigenvalue weighted by atomic mass is 35.5. The van der Waals surface area contributed by atoms with Crippen molar-refractivity contribution in [2.75, 3.05) is 0 Å². The quantitative estimate of drug-likeness (QED) is 0.917. The molecule has 94 valence electrons. The second-order valence-corrected chi connectivity index (χ2v) is 4.07. The zero-order valence-electron chi connectivity index (χ0n) is 9.88. The molecular weight excluding hydrogens is 256 g/mol. The fourth-order valence-electron chi connectivity index (χ4n) is 1.56. The van der Waals surface area contributed by atoms with Gasteiger partial charge in [-0.1, -0.05) is 18.5 Å². The van der Waals surface area contributed by atoms with Gasteiger partial charge in [0.2, 0.25) is 0 Å². The highest BCUT2D eigenvalue weighted by Crippen LogP contribution is 2.23.